The maximum Gasteiger partial charge on any atom is 0.224 e. The van der Waals surface area contributed by atoms with Gasteiger partial charge in [-0.2, -0.15) is 0 Å². The van der Waals surface area contributed by atoms with Crippen LogP contribution >= 0.6 is 24.0 Å². The molecular formula is C20H22Cl2N2O. The molecule has 0 spiro atoms. The van der Waals surface area contributed by atoms with Crippen LogP contribution in [0.4, 0.5) is 5.69 Å². The van der Waals surface area contributed by atoms with E-state index in [0.29, 0.717) is 5.92 Å². The van der Waals surface area contributed by atoms with Gasteiger partial charge in [-0.1, -0.05) is 29.8 Å². The third-order valence-electron chi connectivity index (χ3n) is 5.20. The Kier molecular flexibility index (Phi) is 5.26. The van der Waals surface area contributed by atoms with E-state index in [1.165, 1.54) is 16.7 Å². The summed E-state index contributed by atoms with van der Waals surface area (Å²) in [6.45, 7) is 0. The molecule has 0 radical (unpaired) electrons. The number of aryl methyl sites for hydroxylation is 1. The molecule has 3 N–H and O–H groups in total. The number of carbonyl (C=O) groups excluding carboxylic acids is 1. The van der Waals surface area contributed by atoms with Gasteiger partial charge in [-0.25, -0.2) is 0 Å². The van der Waals surface area contributed by atoms with Gasteiger partial charge >= 0.3 is 0 Å². The van der Waals surface area contributed by atoms with Crippen molar-refractivity contribution >= 4 is 35.6 Å². The first kappa shape index (κ1) is 18.1. The van der Waals surface area contributed by atoms with E-state index in [1.807, 2.05) is 30.3 Å². The molecule has 5 heteroatoms. The number of hydrogen-bond donors (Lipinski definition) is 2. The summed E-state index contributed by atoms with van der Waals surface area (Å²) in [6.07, 6.45) is 4.04. The topological polar surface area (TPSA) is 55.1 Å². The number of benzene rings is 2. The summed E-state index contributed by atoms with van der Waals surface area (Å²) in [4.78, 5) is 12.7. The Balaban J connectivity index is 0.00000182. The number of halogens is 2. The van der Waals surface area contributed by atoms with Gasteiger partial charge in [0.15, 0.2) is 0 Å². The van der Waals surface area contributed by atoms with Crippen molar-refractivity contribution in [3.63, 3.8) is 0 Å². The Morgan fingerprint density at radius 3 is 2.84 bits per heavy atom. The van der Waals surface area contributed by atoms with Crippen molar-refractivity contribution < 1.29 is 4.79 Å². The second-order valence-corrected chi connectivity index (χ2v) is 7.35. The molecule has 3 nitrogen and oxygen atoms in total. The third-order valence-corrected chi connectivity index (χ3v) is 5.44. The molecule has 0 saturated heterocycles. The van der Waals surface area contributed by atoms with E-state index in [4.69, 9.17) is 17.3 Å². The molecule has 4 rings (SSSR count). The number of carbonyl (C=O) groups is 1. The number of rotatable bonds is 3. The second kappa shape index (κ2) is 7.27. The van der Waals surface area contributed by atoms with Crippen LogP contribution in [0.1, 0.15) is 47.9 Å². The first-order valence-corrected chi connectivity index (χ1v) is 8.94. The Bertz CT molecular complexity index is 793. The maximum atomic E-state index is 12.7. The van der Waals surface area contributed by atoms with Gasteiger partial charge in [0.1, 0.15) is 0 Å². The summed E-state index contributed by atoms with van der Waals surface area (Å²) in [6, 6.07) is 14.0. The third kappa shape index (κ3) is 3.78. The monoisotopic (exact) mass is 376 g/mol. The molecule has 1 fully saturated rings. The summed E-state index contributed by atoms with van der Waals surface area (Å²) in [5.41, 5.74) is 10.3. The van der Waals surface area contributed by atoms with Gasteiger partial charge < -0.3 is 11.1 Å². The summed E-state index contributed by atoms with van der Waals surface area (Å²) >= 11 is 6.06. The van der Waals surface area contributed by atoms with E-state index in [2.05, 4.69) is 17.4 Å². The number of anilines is 1. The van der Waals surface area contributed by atoms with Crippen LogP contribution < -0.4 is 11.1 Å². The molecule has 2 aliphatic rings. The number of fused-ring (bicyclic) bond motifs is 1. The first-order valence-electron chi connectivity index (χ1n) is 8.56. The van der Waals surface area contributed by atoms with Crippen molar-refractivity contribution in [3.8, 4) is 0 Å². The average molecular weight is 377 g/mol. The lowest BCUT2D eigenvalue weighted by atomic mass is 9.87. The predicted molar refractivity (Wildman–Crippen MR) is 104 cm³/mol. The quantitative estimate of drug-likeness (QED) is 0.766. The minimum Gasteiger partial charge on any atom is -0.399 e. The largest absolute Gasteiger partial charge is 0.399 e. The number of hydrogen-bond acceptors (Lipinski definition) is 2. The molecule has 0 aromatic heterocycles. The Labute approximate surface area is 159 Å². The fraction of sp³-hybridized carbons (Fsp3) is 0.350. The second-order valence-electron chi connectivity index (χ2n) is 6.92. The summed E-state index contributed by atoms with van der Waals surface area (Å²) in [5, 5.41) is 3.99. The Hall–Kier alpha value is -1.71. The van der Waals surface area contributed by atoms with Gasteiger partial charge in [0.25, 0.3) is 0 Å². The Morgan fingerprint density at radius 2 is 2.04 bits per heavy atom. The molecule has 132 valence electrons. The van der Waals surface area contributed by atoms with Crippen molar-refractivity contribution in [2.24, 2.45) is 5.92 Å². The fourth-order valence-corrected chi connectivity index (χ4v) is 4.05. The highest BCUT2D eigenvalue weighted by atomic mass is 35.5. The lowest BCUT2D eigenvalue weighted by Gasteiger charge is -2.26. The van der Waals surface area contributed by atoms with Gasteiger partial charge in [0, 0.05) is 16.6 Å². The van der Waals surface area contributed by atoms with Crippen LogP contribution in [0.25, 0.3) is 0 Å². The highest BCUT2D eigenvalue weighted by molar-refractivity contribution is 6.30. The van der Waals surface area contributed by atoms with E-state index in [0.717, 1.165) is 36.4 Å². The van der Waals surface area contributed by atoms with Gasteiger partial charge in [-0.15, -0.1) is 12.4 Å². The van der Waals surface area contributed by atoms with Crippen LogP contribution in [-0.4, -0.2) is 5.91 Å². The molecule has 0 bridgehead atoms. The minimum atomic E-state index is 0. The normalized spacial score (nSPS) is 24.0. The molecule has 1 saturated carbocycles. The lowest BCUT2D eigenvalue weighted by molar-refractivity contribution is -0.123. The SMILES string of the molecule is Cl.Nc1ccc2c(c1)CCCC2NC(=O)C1CC1c1cccc(Cl)c1. The zero-order valence-electron chi connectivity index (χ0n) is 13.9. The van der Waals surface area contributed by atoms with E-state index >= 15 is 0 Å². The summed E-state index contributed by atoms with van der Waals surface area (Å²) in [5.74, 6) is 0.537. The van der Waals surface area contributed by atoms with Crippen LogP contribution in [0.2, 0.25) is 5.02 Å². The fourth-order valence-electron chi connectivity index (χ4n) is 3.85. The number of nitrogens with two attached hydrogens (primary N) is 1. The van der Waals surface area contributed by atoms with E-state index in [-0.39, 0.29) is 30.3 Å². The maximum absolute atomic E-state index is 12.7. The van der Waals surface area contributed by atoms with Crippen LogP contribution in [-0.2, 0) is 11.2 Å². The highest BCUT2D eigenvalue weighted by Gasteiger charge is 2.44. The molecule has 0 heterocycles. The zero-order chi connectivity index (χ0) is 16.7. The van der Waals surface area contributed by atoms with E-state index in [9.17, 15) is 4.79 Å². The van der Waals surface area contributed by atoms with Gasteiger partial charge in [0.05, 0.1) is 6.04 Å². The Morgan fingerprint density at radius 1 is 1.20 bits per heavy atom. The van der Waals surface area contributed by atoms with Crippen molar-refractivity contribution in [2.75, 3.05) is 5.73 Å². The molecule has 3 unspecified atom stereocenters. The smallest absolute Gasteiger partial charge is 0.224 e. The first-order chi connectivity index (χ1) is 11.6. The van der Waals surface area contributed by atoms with E-state index in [1.54, 1.807) is 0 Å². The standard InChI is InChI=1S/C20H21ClN2O.ClH/c21-14-5-1-3-12(9-14)17-11-18(17)20(24)23-19-6-2-4-13-10-15(22)7-8-16(13)19;/h1,3,5,7-10,17-19H,2,4,6,11,22H2,(H,23,24);1H. The predicted octanol–water partition coefficient (Wildman–Crippen LogP) is 4.64. The van der Waals surface area contributed by atoms with Gasteiger partial charge in [-0.3, -0.25) is 4.79 Å². The van der Waals surface area contributed by atoms with Crippen molar-refractivity contribution in [2.45, 2.75) is 37.6 Å². The van der Waals surface area contributed by atoms with Crippen LogP contribution in [0.15, 0.2) is 42.5 Å². The van der Waals surface area contributed by atoms with E-state index < -0.39 is 0 Å². The molecule has 3 atom stereocenters. The molecule has 2 aromatic carbocycles. The molecule has 1 amide bonds. The molecular weight excluding hydrogens is 355 g/mol. The van der Waals surface area contributed by atoms with Gasteiger partial charge in [-0.05, 0) is 72.6 Å². The van der Waals surface area contributed by atoms with Crippen molar-refractivity contribution in [1.82, 2.24) is 5.32 Å². The van der Waals surface area contributed by atoms with Crippen LogP contribution in [0.5, 0.6) is 0 Å². The number of nitrogen functional groups attached to an aromatic ring is 1. The molecule has 0 aliphatic heterocycles. The number of amides is 1. The molecule has 2 aliphatic carbocycles. The number of nitrogens with one attached hydrogen (secondary N) is 1. The van der Waals surface area contributed by atoms with Crippen LogP contribution in [0.3, 0.4) is 0 Å². The van der Waals surface area contributed by atoms with Crippen molar-refractivity contribution in [3.05, 3.63) is 64.2 Å². The highest BCUT2D eigenvalue weighted by Crippen LogP contribution is 2.48. The van der Waals surface area contributed by atoms with Crippen LogP contribution in [0, 0.1) is 5.92 Å². The zero-order valence-corrected chi connectivity index (χ0v) is 15.4. The summed E-state index contributed by atoms with van der Waals surface area (Å²) in [7, 11) is 0. The average Bonchev–Trinajstić information content (AvgIpc) is 3.35. The van der Waals surface area contributed by atoms with Gasteiger partial charge in [0.2, 0.25) is 5.91 Å². The van der Waals surface area contributed by atoms with Crippen molar-refractivity contribution in [1.29, 1.82) is 0 Å². The lowest BCUT2D eigenvalue weighted by Crippen LogP contribution is -2.32. The molecule has 2 aromatic rings. The molecule has 25 heavy (non-hydrogen) atoms. The minimum absolute atomic E-state index is 0. The summed E-state index contributed by atoms with van der Waals surface area (Å²) < 4.78 is 0.